The predicted octanol–water partition coefficient (Wildman–Crippen LogP) is 4.10. The first-order chi connectivity index (χ1) is 10.0. The van der Waals surface area contributed by atoms with Crippen LogP contribution in [0.5, 0.6) is 0 Å². The number of hydrogen-bond donors (Lipinski definition) is 1. The van der Waals surface area contributed by atoms with Crippen molar-refractivity contribution < 1.29 is 14.3 Å². The molecule has 1 atom stereocenters. The Kier molecular flexibility index (Phi) is 5.22. The highest BCUT2D eigenvalue weighted by Crippen LogP contribution is 2.30. The molecular formula is C15H19FN2O2S. The second-order valence-corrected chi connectivity index (χ2v) is 6.01. The average molecular weight is 310 g/mol. The monoisotopic (exact) mass is 310 g/mol. The van der Waals surface area contributed by atoms with Gasteiger partial charge in [-0.2, -0.15) is 0 Å². The summed E-state index contributed by atoms with van der Waals surface area (Å²) in [5.41, 5.74) is 1.43. The van der Waals surface area contributed by atoms with E-state index in [4.69, 9.17) is 5.11 Å². The maximum Gasteiger partial charge on any atom is 0.313 e. The lowest BCUT2D eigenvalue weighted by atomic mass is 10.1. The lowest BCUT2D eigenvalue weighted by Crippen LogP contribution is -2.08. The van der Waals surface area contributed by atoms with E-state index in [9.17, 15) is 9.18 Å². The predicted molar refractivity (Wildman–Crippen MR) is 82.3 cm³/mol. The molecule has 0 saturated heterocycles. The molecule has 4 nitrogen and oxygen atoms in total. The van der Waals surface area contributed by atoms with Crippen molar-refractivity contribution in [2.75, 3.05) is 5.75 Å². The van der Waals surface area contributed by atoms with Crippen molar-refractivity contribution in [1.29, 1.82) is 0 Å². The molecule has 0 saturated carbocycles. The van der Waals surface area contributed by atoms with Crippen molar-refractivity contribution in [3.05, 3.63) is 24.0 Å². The number of nitrogens with zero attached hydrogens (tertiary/aromatic N) is 2. The molecule has 1 heterocycles. The van der Waals surface area contributed by atoms with Crippen LogP contribution in [-0.2, 0) is 4.79 Å². The molecule has 21 heavy (non-hydrogen) atoms. The van der Waals surface area contributed by atoms with Gasteiger partial charge in [-0.3, -0.25) is 4.79 Å². The molecule has 2 rings (SSSR count). The highest BCUT2D eigenvalue weighted by Gasteiger charge is 2.17. The van der Waals surface area contributed by atoms with Gasteiger partial charge in [-0.25, -0.2) is 9.37 Å². The largest absolute Gasteiger partial charge is 0.481 e. The molecule has 0 fully saturated rings. The van der Waals surface area contributed by atoms with Crippen molar-refractivity contribution in [3.63, 3.8) is 0 Å². The standard InChI is InChI=1S/C15H19FN2O2S/c1-3-4-5-10(2)18-13-8-11(16)6-7-12(13)17-15(18)21-9-14(19)20/h6-8,10H,3-5,9H2,1-2H3,(H,19,20). The summed E-state index contributed by atoms with van der Waals surface area (Å²) in [5.74, 6) is -1.24. The van der Waals surface area contributed by atoms with E-state index in [2.05, 4.69) is 18.8 Å². The SMILES string of the molecule is CCCCC(C)n1c(SCC(=O)O)nc2ccc(F)cc21. The minimum atomic E-state index is -0.883. The van der Waals surface area contributed by atoms with Crippen molar-refractivity contribution in [1.82, 2.24) is 9.55 Å². The van der Waals surface area contributed by atoms with Crippen molar-refractivity contribution >= 4 is 28.8 Å². The maximum absolute atomic E-state index is 13.5. The highest BCUT2D eigenvalue weighted by molar-refractivity contribution is 7.99. The Labute approximate surface area is 127 Å². The Morgan fingerprint density at radius 1 is 1.52 bits per heavy atom. The zero-order chi connectivity index (χ0) is 15.4. The van der Waals surface area contributed by atoms with Crippen LogP contribution in [0.2, 0.25) is 0 Å². The summed E-state index contributed by atoms with van der Waals surface area (Å²) in [6.45, 7) is 4.19. The van der Waals surface area contributed by atoms with E-state index in [0.717, 1.165) is 24.8 Å². The fraction of sp³-hybridized carbons (Fsp3) is 0.467. The Hall–Kier alpha value is -1.56. The Morgan fingerprint density at radius 3 is 2.95 bits per heavy atom. The minimum Gasteiger partial charge on any atom is -0.481 e. The van der Waals surface area contributed by atoms with E-state index in [1.807, 2.05) is 4.57 Å². The average Bonchev–Trinajstić information content (AvgIpc) is 2.80. The van der Waals surface area contributed by atoms with Crippen LogP contribution in [0.25, 0.3) is 11.0 Å². The molecule has 0 bridgehead atoms. The Morgan fingerprint density at radius 2 is 2.29 bits per heavy atom. The van der Waals surface area contributed by atoms with Crippen LogP contribution in [-0.4, -0.2) is 26.4 Å². The molecule has 0 radical (unpaired) electrons. The molecule has 1 N–H and O–H groups in total. The van der Waals surface area contributed by atoms with Crippen LogP contribution in [0, 0.1) is 5.82 Å². The van der Waals surface area contributed by atoms with E-state index in [1.165, 1.54) is 23.9 Å². The molecule has 1 aromatic heterocycles. The normalized spacial score (nSPS) is 12.7. The lowest BCUT2D eigenvalue weighted by molar-refractivity contribution is -0.133. The third-order valence-electron chi connectivity index (χ3n) is 3.36. The summed E-state index contributed by atoms with van der Waals surface area (Å²) >= 11 is 1.18. The third-order valence-corrected chi connectivity index (χ3v) is 4.30. The summed E-state index contributed by atoms with van der Waals surface area (Å²) in [6, 6.07) is 4.64. The van der Waals surface area contributed by atoms with Crippen molar-refractivity contribution in [2.24, 2.45) is 0 Å². The molecule has 1 unspecified atom stereocenters. The first kappa shape index (κ1) is 15.8. The number of carbonyl (C=O) groups is 1. The van der Waals surface area contributed by atoms with Gasteiger partial charge >= 0.3 is 5.97 Å². The van der Waals surface area contributed by atoms with Gasteiger partial charge in [-0.15, -0.1) is 0 Å². The Balaban J connectivity index is 2.42. The molecule has 0 aliphatic carbocycles. The molecule has 0 aliphatic rings. The van der Waals surface area contributed by atoms with Crippen LogP contribution >= 0.6 is 11.8 Å². The molecule has 0 spiro atoms. The number of benzene rings is 1. The first-order valence-corrected chi connectivity index (χ1v) is 8.03. The summed E-state index contributed by atoms with van der Waals surface area (Å²) in [7, 11) is 0. The van der Waals surface area contributed by atoms with Crippen LogP contribution in [0.3, 0.4) is 0 Å². The van der Waals surface area contributed by atoms with Crippen LogP contribution in [0.15, 0.2) is 23.4 Å². The topological polar surface area (TPSA) is 55.1 Å². The number of imidazole rings is 1. The molecule has 0 amide bonds. The van der Waals surface area contributed by atoms with Gasteiger partial charge < -0.3 is 9.67 Å². The summed E-state index contributed by atoms with van der Waals surface area (Å²) in [4.78, 5) is 15.2. The van der Waals surface area contributed by atoms with Crippen LogP contribution in [0.1, 0.15) is 39.2 Å². The number of hydrogen-bond acceptors (Lipinski definition) is 3. The fourth-order valence-electron chi connectivity index (χ4n) is 2.33. The summed E-state index contributed by atoms with van der Waals surface area (Å²) < 4.78 is 15.5. The molecule has 114 valence electrons. The number of aliphatic carboxylic acids is 1. The van der Waals surface area contributed by atoms with Crippen molar-refractivity contribution in [3.8, 4) is 0 Å². The zero-order valence-electron chi connectivity index (χ0n) is 12.2. The molecule has 0 aliphatic heterocycles. The smallest absolute Gasteiger partial charge is 0.313 e. The number of thioether (sulfide) groups is 1. The summed E-state index contributed by atoms with van der Waals surface area (Å²) in [6.07, 6.45) is 3.11. The zero-order valence-corrected chi connectivity index (χ0v) is 13.0. The van der Waals surface area contributed by atoms with Gasteiger partial charge in [-0.05, 0) is 31.5 Å². The van der Waals surface area contributed by atoms with Gasteiger partial charge in [0.2, 0.25) is 0 Å². The van der Waals surface area contributed by atoms with Gasteiger partial charge in [0, 0.05) is 6.04 Å². The van der Waals surface area contributed by atoms with Gasteiger partial charge in [0.1, 0.15) is 5.82 Å². The number of fused-ring (bicyclic) bond motifs is 1. The minimum absolute atomic E-state index is 0.0493. The summed E-state index contributed by atoms with van der Waals surface area (Å²) in [5, 5.41) is 9.49. The second-order valence-electron chi connectivity index (χ2n) is 5.07. The molecular weight excluding hydrogens is 291 g/mol. The maximum atomic E-state index is 13.5. The van der Waals surface area contributed by atoms with Gasteiger partial charge in [0.05, 0.1) is 16.8 Å². The van der Waals surface area contributed by atoms with E-state index in [0.29, 0.717) is 10.7 Å². The number of aromatic nitrogens is 2. The number of rotatable bonds is 7. The fourth-order valence-corrected chi connectivity index (χ4v) is 3.16. The molecule has 1 aromatic carbocycles. The number of carboxylic acid groups (broad SMARTS) is 1. The molecule has 2 aromatic rings. The van der Waals surface area contributed by atoms with Gasteiger partial charge in [0.15, 0.2) is 5.16 Å². The highest BCUT2D eigenvalue weighted by atomic mass is 32.2. The van der Waals surface area contributed by atoms with E-state index in [1.54, 1.807) is 6.07 Å². The quantitative estimate of drug-likeness (QED) is 0.782. The lowest BCUT2D eigenvalue weighted by Gasteiger charge is -2.16. The number of carboxylic acids is 1. The third kappa shape index (κ3) is 3.75. The second kappa shape index (κ2) is 6.93. The van der Waals surface area contributed by atoms with Crippen LogP contribution in [0.4, 0.5) is 4.39 Å². The van der Waals surface area contributed by atoms with Crippen LogP contribution < -0.4 is 0 Å². The number of unbranched alkanes of at least 4 members (excludes halogenated alkanes) is 1. The van der Waals surface area contributed by atoms with Crippen molar-refractivity contribution in [2.45, 2.75) is 44.3 Å². The van der Waals surface area contributed by atoms with E-state index < -0.39 is 5.97 Å². The van der Waals surface area contributed by atoms with E-state index >= 15 is 0 Å². The Bertz CT molecular complexity index is 642. The van der Waals surface area contributed by atoms with Gasteiger partial charge in [-0.1, -0.05) is 31.5 Å². The first-order valence-electron chi connectivity index (χ1n) is 7.05. The van der Waals surface area contributed by atoms with E-state index in [-0.39, 0.29) is 17.6 Å². The van der Waals surface area contributed by atoms with Gasteiger partial charge in [0.25, 0.3) is 0 Å². The number of halogens is 1. The molecule has 6 heteroatoms.